The fourth-order valence-electron chi connectivity index (χ4n) is 3.92. The summed E-state index contributed by atoms with van der Waals surface area (Å²) < 4.78 is 0. The van der Waals surface area contributed by atoms with Gasteiger partial charge >= 0.3 is 5.97 Å². The van der Waals surface area contributed by atoms with Crippen LogP contribution < -0.4 is 5.32 Å². The van der Waals surface area contributed by atoms with Crippen LogP contribution in [-0.4, -0.2) is 22.1 Å². The highest BCUT2D eigenvalue weighted by atomic mass is 32.1. The van der Waals surface area contributed by atoms with Crippen molar-refractivity contribution < 1.29 is 9.90 Å². The van der Waals surface area contributed by atoms with Crippen LogP contribution in [0.5, 0.6) is 0 Å². The number of aromatic nitrogens is 1. The minimum atomic E-state index is -0.625. The average molecular weight is 294 g/mol. The Bertz CT molecular complexity index is 488. The number of carboxylic acids is 1. The van der Waals surface area contributed by atoms with Crippen LogP contribution in [0.15, 0.2) is 5.38 Å². The van der Waals surface area contributed by atoms with E-state index in [1.54, 1.807) is 11.3 Å². The molecule has 2 saturated carbocycles. The Balaban J connectivity index is 1.60. The molecule has 4 nitrogen and oxygen atoms in total. The first-order valence-electron chi connectivity index (χ1n) is 7.58. The molecule has 4 unspecified atom stereocenters. The Morgan fingerprint density at radius 3 is 3.05 bits per heavy atom. The van der Waals surface area contributed by atoms with Gasteiger partial charge < -0.3 is 10.4 Å². The van der Waals surface area contributed by atoms with Crippen LogP contribution >= 0.6 is 11.3 Å². The SMILES string of the molecule is CCCc1nc(CNC2C3CCC(C3)C2C(=O)O)cs1. The topological polar surface area (TPSA) is 62.2 Å². The molecule has 3 rings (SSSR count). The Labute approximate surface area is 123 Å². The lowest BCUT2D eigenvalue weighted by molar-refractivity contribution is -0.144. The zero-order chi connectivity index (χ0) is 14.1. The van der Waals surface area contributed by atoms with Crippen LogP contribution in [0.1, 0.15) is 43.3 Å². The smallest absolute Gasteiger partial charge is 0.308 e. The van der Waals surface area contributed by atoms with Gasteiger partial charge in [-0.15, -0.1) is 11.3 Å². The molecule has 1 heterocycles. The van der Waals surface area contributed by atoms with Gasteiger partial charge in [0.05, 0.1) is 16.6 Å². The Hall–Kier alpha value is -0.940. The maximum absolute atomic E-state index is 11.4. The van der Waals surface area contributed by atoms with Crippen LogP contribution in [0.3, 0.4) is 0 Å². The van der Waals surface area contributed by atoms with Gasteiger partial charge in [0, 0.05) is 18.0 Å². The molecule has 0 saturated heterocycles. The molecule has 1 aromatic rings. The zero-order valence-corrected chi connectivity index (χ0v) is 12.7. The van der Waals surface area contributed by atoms with Crippen molar-refractivity contribution in [2.45, 2.75) is 51.6 Å². The zero-order valence-electron chi connectivity index (χ0n) is 11.8. The van der Waals surface area contributed by atoms with E-state index in [4.69, 9.17) is 0 Å². The molecule has 2 N–H and O–H groups in total. The summed E-state index contributed by atoms with van der Waals surface area (Å²) in [5, 5.41) is 16.2. The first-order valence-corrected chi connectivity index (χ1v) is 8.46. The molecule has 0 aliphatic heterocycles. The molecule has 1 aromatic heterocycles. The van der Waals surface area contributed by atoms with Crippen LogP contribution in [0, 0.1) is 17.8 Å². The van der Waals surface area contributed by atoms with Crippen molar-refractivity contribution in [1.82, 2.24) is 10.3 Å². The van der Waals surface area contributed by atoms with Crippen molar-refractivity contribution >= 4 is 17.3 Å². The van der Waals surface area contributed by atoms with Crippen molar-refractivity contribution in [2.75, 3.05) is 0 Å². The monoisotopic (exact) mass is 294 g/mol. The van der Waals surface area contributed by atoms with Gasteiger partial charge in [-0.25, -0.2) is 4.98 Å². The normalized spacial score (nSPS) is 31.9. The van der Waals surface area contributed by atoms with E-state index < -0.39 is 5.97 Å². The van der Waals surface area contributed by atoms with Gasteiger partial charge in [-0.05, 0) is 43.9 Å². The van der Waals surface area contributed by atoms with Crippen molar-refractivity contribution in [2.24, 2.45) is 17.8 Å². The van der Waals surface area contributed by atoms with Gasteiger partial charge in [-0.1, -0.05) is 6.92 Å². The van der Waals surface area contributed by atoms with Gasteiger partial charge in [0.1, 0.15) is 0 Å². The molecular weight excluding hydrogens is 272 g/mol. The number of fused-ring (bicyclic) bond motifs is 2. The van der Waals surface area contributed by atoms with E-state index in [0.29, 0.717) is 18.4 Å². The quantitative estimate of drug-likeness (QED) is 0.847. The number of rotatable bonds is 6. The van der Waals surface area contributed by atoms with Gasteiger partial charge in [0.25, 0.3) is 0 Å². The maximum atomic E-state index is 11.4. The third-order valence-corrected chi connectivity index (χ3v) is 5.74. The van der Waals surface area contributed by atoms with E-state index >= 15 is 0 Å². The van der Waals surface area contributed by atoms with Crippen molar-refractivity contribution in [1.29, 1.82) is 0 Å². The van der Waals surface area contributed by atoms with E-state index in [2.05, 4.69) is 22.6 Å². The number of carbonyl (C=O) groups is 1. The molecule has 0 spiro atoms. The molecule has 2 bridgehead atoms. The number of nitrogens with zero attached hydrogens (tertiary/aromatic N) is 1. The minimum Gasteiger partial charge on any atom is -0.481 e. The van der Waals surface area contributed by atoms with Crippen molar-refractivity contribution in [3.05, 3.63) is 16.1 Å². The van der Waals surface area contributed by atoms with Crippen LogP contribution in [-0.2, 0) is 17.8 Å². The molecule has 5 heteroatoms. The molecule has 0 amide bonds. The summed E-state index contributed by atoms with van der Waals surface area (Å²) in [6.07, 6.45) is 5.53. The molecule has 2 aliphatic rings. The standard InChI is InChI=1S/C15H22N2O2S/c1-2-3-12-17-11(8-20-12)7-16-14-10-5-4-9(6-10)13(14)15(18)19/h8-10,13-14,16H,2-7H2,1H3,(H,18,19). The van der Waals surface area contributed by atoms with Crippen molar-refractivity contribution in [3.8, 4) is 0 Å². The summed E-state index contributed by atoms with van der Waals surface area (Å²) in [5.74, 6) is 0.123. The second-order valence-electron chi connectivity index (χ2n) is 6.09. The lowest BCUT2D eigenvalue weighted by Gasteiger charge is -2.28. The van der Waals surface area contributed by atoms with Crippen LogP contribution in [0.2, 0.25) is 0 Å². The average Bonchev–Trinajstić information content (AvgIpc) is 3.11. The number of aliphatic carboxylic acids is 1. The number of nitrogens with one attached hydrogen (secondary N) is 1. The minimum absolute atomic E-state index is 0.141. The number of thiazole rings is 1. The largest absolute Gasteiger partial charge is 0.481 e. The predicted octanol–water partition coefficient (Wildman–Crippen LogP) is 2.68. The number of hydrogen-bond acceptors (Lipinski definition) is 4. The van der Waals surface area contributed by atoms with Crippen LogP contribution in [0.25, 0.3) is 0 Å². The lowest BCUT2D eigenvalue weighted by atomic mass is 9.84. The summed E-state index contributed by atoms with van der Waals surface area (Å²) in [6, 6.07) is 0.141. The molecule has 0 radical (unpaired) electrons. The summed E-state index contributed by atoms with van der Waals surface area (Å²) in [5.41, 5.74) is 1.06. The van der Waals surface area contributed by atoms with Gasteiger partial charge in [0.2, 0.25) is 0 Å². The first-order chi connectivity index (χ1) is 9.69. The van der Waals surface area contributed by atoms with Gasteiger partial charge in [-0.3, -0.25) is 4.79 Å². The number of carboxylic acid groups (broad SMARTS) is 1. The van der Waals surface area contributed by atoms with E-state index in [-0.39, 0.29) is 12.0 Å². The number of aryl methyl sites for hydroxylation is 1. The Morgan fingerprint density at radius 2 is 2.30 bits per heavy atom. The van der Waals surface area contributed by atoms with E-state index in [1.165, 1.54) is 11.4 Å². The first kappa shape index (κ1) is 14.0. The maximum Gasteiger partial charge on any atom is 0.308 e. The highest BCUT2D eigenvalue weighted by molar-refractivity contribution is 7.09. The molecule has 0 aromatic carbocycles. The van der Waals surface area contributed by atoms with Crippen molar-refractivity contribution in [3.63, 3.8) is 0 Å². The molecule has 110 valence electrons. The van der Waals surface area contributed by atoms with E-state index in [1.807, 2.05) is 0 Å². The predicted molar refractivity (Wildman–Crippen MR) is 78.7 cm³/mol. The second kappa shape index (κ2) is 5.82. The summed E-state index contributed by atoms with van der Waals surface area (Å²) in [6.45, 7) is 2.87. The number of hydrogen-bond donors (Lipinski definition) is 2. The summed E-state index contributed by atoms with van der Waals surface area (Å²) >= 11 is 1.71. The van der Waals surface area contributed by atoms with E-state index in [9.17, 15) is 9.90 Å². The molecule has 2 fully saturated rings. The molecular formula is C15H22N2O2S. The second-order valence-corrected chi connectivity index (χ2v) is 7.03. The van der Waals surface area contributed by atoms with Gasteiger partial charge in [-0.2, -0.15) is 0 Å². The summed E-state index contributed by atoms with van der Waals surface area (Å²) in [7, 11) is 0. The highest BCUT2D eigenvalue weighted by Gasteiger charge is 2.50. The fourth-order valence-corrected chi connectivity index (χ4v) is 4.82. The molecule has 2 aliphatic carbocycles. The van der Waals surface area contributed by atoms with E-state index in [0.717, 1.165) is 31.4 Å². The molecule has 20 heavy (non-hydrogen) atoms. The molecule has 4 atom stereocenters. The Morgan fingerprint density at radius 1 is 1.50 bits per heavy atom. The van der Waals surface area contributed by atoms with Crippen LogP contribution in [0.4, 0.5) is 0 Å². The van der Waals surface area contributed by atoms with Gasteiger partial charge in [0.15, 0.2) is 0 Å². The Kier molecular flexibility index (Phi) is 4.08. The highest BCUT2D eigenvalue weighted by Crippen LogP contribution is 2.48. The third-order valence-electron chi connectivity index (χ3n) is 4.78. The lowest BCUT2D eigenvalue weighted by Crippen LogP contribution is -2.43. The fraction of sp³-hybridized carbons (Fsp3) is 0.733. The summed E-state index contributed by atoms with van der Waals surface area (Å²) in [4.78, 5) is 16.1. The third kappa shape index (κ3) is 2.61.